The minimum Gasteiger partial charge on any atom is -0.506 e. The van der Waals surface area contributed by atoms with Crippen LogP contribution < -0.4 is 5.32 Å². The molecule has 0 bridgehead atoms. The summed E-state index contributed by atoms with van der Waals surface area (Å²) in [5.41, 5.74) is 3.96. The molecule has 2 aliphatic rings. The second-order valence-electron chi connectivity index (χ2n) is 5.87. The lowest BCUT2D eigenvalue weighted by molar-refractivity contribution is 0.422. The molecule has 104 valence electrons. The number of aromatic hydroxyl groups is 1. The predicted molar refractivity (Wildman–Crippen MR) is 81.9 cm³/mol. The lowest BCUT2D eigenvalue weighted by Gasteiger charge is -2.25. The van der Waals surface area contributed by atoms with E-state index in [0.29, 0.717) is 11.7 Å². The summed E-state index contributed by atoms with van der Waals surface area (Å²) in [6.07, 6.45) is 8.50. The summed E-state index contributed by atoms with van der Waals surface area (Å²) in [6, 6.07) is 2.29. The normalized spacial score (nSPS) is 23.7. The number of benzene rings is 1. The Balaban J connectivity index is 2.00. The van der Waals surface area contributed by atoms with Gasteiger partial charge in [-0.3, -0.25) is 0 Å². The third kappa shape index (κ3) is 2.68. The van der Waals surface area contributed by atoms with Gasteiger partial charge in [-0.1, -0.05) is 12.5 Å². The van der Waals surface area contributed by atoms with Crippen molar-refractivity contribution >= 4 is 15.9 Å². The minimum atomic E-state index is 0.471. The second kappa shape index (κ2) is 5.84. The van der Waals surface area contributed by atoms with Gasteiger partial charge in [0, 0.05) is 12.5 Å². The number of aryl methyl sites for hydroxylation is 1. The van der Waals surface area contributed by atoms with E-state index in [4.69, 9.17) is 0 Å². The molecule has 1 aliphatic heterocycles. The minimum absolute atomic E-state index is 0.471. The summed E-state index contributed by atoms with van der Waals surface area (Å²) < 4.78 is 0.965. The highest BCUT2D eigenvalue weighted by Crippen LogP contribution is 2.41. The number of piperidine rings is 1. The van der Waals surface area contributed by atoms with Crippen LogP contribution in [0.2, 0.25) is 0 Å². The van der Waals surface area contributed by atoms with E-state index in [1.807, 2.05) is 0 Å². The first-order valence-electron chi connectivity index (χ1n) is 7.51. The van der Waals surface area contributed by atoms with Crippen molar-refractivity contribution in [1.82, 2.24) is 5.32 Å². The lowest BCUT2D eigenvalue weighted by Crippen LogP contribution is -2.28. The Morgan fingerprint density at radius 1 is 1.16 bits per heavy atom. The van der Waals surface area contributed by atoms with E-state index < -0.39 is 0 Å². The number of phenols is 1. The predicted octanol–water partition coefficient (Wildman–Crippen LogP) is 3.89. The molecular weight excluding hydrogens is 302 g/mol. The lowest BCUT2D eigenvalue weighted by atomic mass is 9.87. The van der Waals surface area contributed by atoms with Crippen LogP contribution in [0.15, 0.2) is 10.5 Å². The van der Waals surface area contributed by atoms with Gasteiger partial charge in [-0.05, 0) is 77.7 Å². The van der Waals surface area contributed by atoms with Gasteiger partial charge in [0.25, 0.3) is 0 Å². The van der Waals surface area contributed by atoms with Crippen molar-refractivity contribution in [3.05, 3.63) is 27.2 Å². The van der Waals surface area contributed by atoms with Crippen LogP contribution in [-0.4, -0.2) is 18.2 Å². The summed E-state index contributed by atoms with van der Waals surface area (Å²) in [7, 11) is 0. The van der Waals surface area contributed by atoms with Gasteiger partial charge in [-0.15, -0.1) is 0 Å². The van der Waals surface area contributed by atoms with Crippen LogP contribution in [0.5, 0.6) is 5.75 Å². The molecule has 0 radical (unpaired) electrons. The van der Waals surface area contributed by atoms with Crippen LogP contribution in [0.1, 0.15) is 54.7 Å². The van der Waals surface area contributed by atoms with E-state index >= 15 is 0 Å². The maximum atomic E-state index is 10.5. The molecule has 19 heavy (non-hydrogen) atoms. The first-order valence-corrected chi connectivity index (χ1v) is 8.30. The van der Waals surface area contributed by atoms with Crippen molar-refractivity contribution in [2.45, 2.75) is 50.9 Å². The van der Waals surface area contributed by atoms with E-state index in [0.717, 1.165) is 29.5 Å². The van der Waals surface area contributed by atoms with Crippen LogP contribution in [0.4, 0.5) is 0 Å². The molecule has 1 aromatic rings. The fourth-order valence-corrected chi connectivity index (χ4v) is 4.15. The zero-order valence-electron chi connectivity index (χ0n) is 11.3. The summed E-state index contributed by atoms with van der Waals surface area (Å²) in [6.45, 7) is 2.11. The average Bonchev–Trinajstić information content (AvgIpc) is 2.69. The molecule has 1 aromatic carbocycles. The first-order chi connectivity index (χ1) is 9.27. The zero-order valence-corrected chi connectivity index (χ0v) is 12.9. The van der Waals surface area contributed by atoms with E-state index in [9.17, 15) is 5.11 Å². The highest BCUT2D eigenvalue weighted by Gasteiger charge is 2.23. The molecule has 1 aliphatic carbocycles. The quantitative estimate of drug-likeness (QED) is 0.768. The molecule has 3 heteroatoms. The summed E-state index contributed by atoms with van der Waals surface area (Å²) in [4.78, 5) is 0. The number of phenolic OH excluding ortho intramolecular Hbond substituents is 1. The molecule has 1 atom stereocenters. The van der Waals surface area contributed by atoms with Crippen molar-refractivity contribution in [3.63, 3.8) is 0 Å². The van der Waals surface area contributed by atoms with E-state index in [2.05, 4.69) is 27.3 Å². The molecule has 1 unspecified atom stereocenters. The SMILES string of the molecule is Oc1c(C2CCCNC2)cc2c(c1Br)CCCCC2. The molecule has 0 saturated carbocycles. The molecule has 2 nitrogen and oxygen atoms in total. The number of rotatable bonds is 1. The van der Waals surface area contributed by atoms with Crippen molar-refractivity contribution in [3.8, 4) is 5.75 Å². The smallest absolute Gasteiger partial charge is 0.133 e. The van der Waals surface area contributed by atoms with Gasteiger partial charge in [-0.2, -0.15) is 0 Å². The third-order valence-corrected chi connectivity index (χ3v) is 5.43. The number of hydrogen-bond donors (Lipinski definition) is 2. The fourth-order valence-electron chi connectivity index (χ4n) is 3.47. The van der Waals surface area contributed by atoms with Crippen molar-refractivity contribution < 1.29 is 5.11 Å². The Hall–Kier alpha value is -0.540. The largest absolute Gasteiger partial charge is 0.506 e. The van der Waals surface area contributed by atoms with Crippen LogP contribution in [0, 0.1) is 0 Å². The number of halogens is 1. The average molecular weight is 324 g/mol. The molecule has 0 aromatic heterocycles. The molecule has 1 fully saturated rings. The summed E-state index contributed by atoms with van der Waals surface area (Å²) in [5, 5.41) is 14.0. The highest BCUT2D eigenvalue weighted by atomic mass is 79.9. The fraction of sp³-hybridized carbons (Fsp3) is 0.625. The Bertz CT molecular complexity index is 466. The standard InChI is InChI=1S/C16H22BrNO/c17-15-13-7-3-1-2-5-11(13)9-14(16(15)19)12-6-4-8-18-10-12/h9,12,18-19H,1-8,10H2. The van der Waals surface area contributed by atoms with Crippen LogP contribution >= 0.6 is 15.9 Å². The molecule has 2 N–H and O–H groups in total. The van der Waals surface area contributed by atoms with Gasteiger partial charge in [0.05, 0.1) is 4.47 Å². The van der Waals surface area contributed by atoms with Crippen LogP contribution in [0.3, 0.4) is 0 Å². The topological polar surface area (TPSA) is 32.3 Å². The number of nitrogens with one attached hydrogen (secondary N) is 1. The van der Waals surface area contributed by atoms with Gasteiger partial charge in [0.2, 0.25) is 0 Å². The van der Waals surface area contributed by atoms with E-state index in [-0.39, 0.29) is 0 Å². The number of hydrogen-bond acceptors (Lipinski definition) is 2. The van der Waals surface area contributed by atoms with Gasteiger partial charge < -0.3 is 10.4 Å². The molecule has 1 saturated heterocycles. The zero-order chi connectivity index (χ0) is 13.2. The van der Waals surface area contributed by atoms with Gasteiger partial charge >= 0.3 is 0 Å². The van der Waals surface area contributed by atoms with Gasteiger partial charge in [0.1, 0.15) is 5.75 Å². The molecule has 1 heterocycles. The van der Waals surface area contributed by atoms with Crippen molar-refractivity contribution in [2.24, 2.45) is 0 Å². The third-order valence-electron chi connectivity index (χ3n) is 4.57. The highest BCUT2D eigenvalue weighted by molar-refractivity contribution is 9.10. The number of fused-ring (bicyclic) bond motifs is 1. The maximum Gasteiger partial charge on any atom is 0.133 e. The Morgan fingerprint density at radius 3 is 2.79 bits per heavy atom. The first kappa shape index (κ1) is 13.4. The van der Waals surface area contributed by atoms with Crippen molar-refractivity contribution in [2.75, 3.05) is 13.1 Å². The van der Waals surface area contributed by atoms with Crippen LogP contribution in [0.25, 0.3) is 0 Å². The van der Waals surface area contributed by atoms with Gasteiger partial charge in [-0.25, -0.2) is 0 Å². The van der Waals surface area contributed by atoms with E-state index in [1.54, 1.807) is 0 Å². The Kier molecular flexibility index (Phi) is 4.13. The van der Waals surface area contributed by atoms with Crippen molar-refractivity contribution in [1.29, 1.82) is 0 Å². The molecule has 0 spiro atoms. The Morgan fingerprint density at radius 2 is 2.00 bits per heavy atom. The summed E-state index contributed by atoms with van der Waals surface area (Å²) in [5.74, 6) is 0.966. The van der Waals surface area contributed by atoms with E-state index in [1.165, 1.54) is 49.7 Å². The maximum absolute atomic E-state index is 10.5. The Labute approximate surface area is 123 Å². The van der Waals surface area contributed by atoms with Gasteiger partial charge in [0.15, 0.2) is 0 Å². The monoisotopic (exact) mass is 323 g/mol. The molecule has 3 rings (SSSR count). The molecular formula is C16H22BrNO. The van der Waals surface area contributed by atoms with Crippen LogP contribution in [-0.2, 0) is 12.8 Å². The summed E-state index contributed by atoms with van der Waals surface area (Å²) >= 11 is 3.65. The second-order valence-corrected chi connectivity index (χ2v) is 6.66. The molecule has 0 amide bonds.